The van der Waals surface area contributed by atoms with E-state index in [4.69, 9.17) is 17.0 Å². The van der Waals surface area contributed by atoms with Gasteiger partial charge >= 0.3 is 6.18 Å². The zero-order chi connectivity index (χ0) is 26.9. The minimum Gasteiger partial charge on any atom is -0.374 e. The molecule has 1 aromatic carbocycles. The smallest absolute Gasteiger partial charge is 0.374 e. The molecule has 39 heavy (non-hydrogen) atoms. The lowest BCUT2D eigenvalue weighted by atomic mass is 10.1. The van der Waals surface area contributed by atoms with Crippen molar-refractivity contribution < 1.29 is 17.9 Å². The number of ether oxygens (including phenoxy) is 1. The Kier molecular flexibility index (Phi) is 6.29. The molecule has 2 unspecified atom stereocenters. The Hall–Kier alpha value is -2.41. The topological polar surface area (TPSA) is 53.5 Å². The second kappa shape index (κ2) is 9.60. The summed E-state index contributed by atoms with van der Waals surface area (Å²) in [5.74, 6) is 1.39. The molecule has 2 saturated heterocycles. The molecule has 12 heteroatoms. The Morgan fingerprint density at radius 1 is 1.21 bits per heavy atom. The molecular formula is C27H26F3N5OS3. The van der Waals surface area contributed by atoms with Crippen LogP contribution in [-0.2, 0) is 10.9 Å². The number of thioether (sulfide) groups is 1. The first-order valence-electron chi connectivity index (χ1n) is 13.0. The lowest BCUT2D eigenvalue weighted by Gasteiger charge is -2.29. The molecule has 4 aliphatic rings. The van der Waals surface area contributed by atoms with Crippen molar-refractivity contribution in [2.24, 2.45) is 0 Å². The molecule has 7 rings (SSSR count). The van der Waals surface area contributed by atoms with Crippen molar-refractivity contribution in [2.75, 3.05) is 42.7 Å². The molecule has 0 spiro atoms. The molecule has 1 N–H and O–H groups in total. The van der Waals surface area contributed by atoms with E-state index < -0.39 is 11.7 Å². The van der Waals surface area contributed by atoms with Gasteiger partial charge in [-0.2, -0.15) is 13.2 Å². The molecule has 6 nitrogen and oxygen atoms in total. The van der Waals surface area contributed by atoms with E-state index in [1.165, 1.54) is 17.0 Å². The lowest BCUT2D eigenvalue weighted by molar-refractivity contribution is -0.137. The van der Waals surface area contributed by atoms with Crippen LogP contribution in [0.4, 0.5) is 30.5 Å². The van der Waals surface area contributed by atoms with Gasteiger partial charge in [-0.15, -0.1) is 23.1 Å². The van der Waals surface area contributed by atoms with E-state index in [1.54, 1.807) is 17.8 Å². The maximum atomic E-state index is 14.1. The van der Waals surface area contributed by atoms with Gasteiger partial charge in [0.25, 0.3) is 0 Å². The first kappa shape index (κ1) is 25.6. The maximum Gasteiger partial charge on any atom is 0.420 e. The summed E-state index contributed by atoms with van der Waals surface area (Å²) in [7, 11) is 1.91. The summed E-state index contributed by atoms with van der Waals surface area (Å²) in [6.07, 6.45) is -0.138. The van der Waals surface area contributed by atoms with E-state index in [0.29, 0.717) is 27.9 Å². The van der Waals surface area contributed by atoms with Gasteiger partial charge in [-0.25, -0.2) is 9.97 Å². The van der Waals surface area contributed by atoms with Crippen LogP contribution in [-0.4, -0.2) is 64.5 Å². The number of thiophene rings is 1. The van der Waals surface area contributed by atoms with E-state index in [-0.39, 0.29) is 11.6 Å². The number of hydrogen-bond donors (Lipinski definition) is 1. The van der Waals surface area contributed by atoms with Crippen LogP contribution in [0.1, 0.15) is 41.2 Å². The van der Waals surface area contributed by atoms with Crippen molar-refractivity contribution in [3.8, 4) is 10.6 Å². The normalized spacial score (nSPS) is 22.8. The fourth-order valence-corrected chi connectivity index (χ4v) is 8.40. The van der Waals surface area contributed by atoms with Crippen LogP contribution >= 0.6 is 35.3 Å². The summed E-state index contributed by atoms with van der Waals surface area (Å²) in [6.45, 7) is 2.46. The molecule has 3 aromatic rings. The maximum absolute atomic E-state index is 14.1. The van der Waals surface area contributed by atoms with Crippen molar-refractivity contribution in [1.29, 1.82) is 0 Å². The quantitative estimate of drug-likeness (QED) is 0.337. The van der Waals surface area contributed by atoms with Gasteiger partial charge in [-0.3, -0.25) is 0 Å². The van der Waals surface area contributed by atoms with Crippen LogP contribution in [0.2, 0.25) is 0 Å². The van der Waals surface area contributed by atoms with Crippen LogP contribution in [0, 0.1) is 0 Å². The van der Waals surface area contributed by atoms with Crippen LogP contribution < -0.4 is 10.2 Å². The van der Waals surface area contributed by atoms with E-state index in [0.717, 1.165) is 71.9 Å². The third kappa shape index (κ3) is 4.79. The Balaban J connectivity index is 1.23. The number of alkyl halides is 3. The van der Waals surface area contributed by atoms with Crippen molar-refractivity contribution in [2.45, 2.75) is 48.4 Å². The second-order valence-electron chi connectivity index (χ2n) is 10.5. The molecule has 1 saturated carbocycles. The summed E-state index contributed by atoms with van der Waals surface area (Å²) in [4.78, 5) is 15.7. The number of aromatic nitrogens is 2. The number of nitrogens with zero attached hydrogens (tertiary/aromatic N) is 4. The highest BCUT2D eigenvalue weighted by Crippen LogP contribution is 2.47. The van der Waals surface area contributed by atoms with Gasteiger partial charge in [-0.1, -0.05) is 12.2 Å². The number of hydrogen-bond acceptors (Lipinski definition) is 8. The van der Waals surface area contributed by atoms with Gasteiger partial charge in [0.15, 0.2) is 0 Å². The number of fused-ring (bicyclic) bond motifs is 3. The standard InChI is InChI=1S/C27H26F3N5OS3/c1-34-6-7-38-22-10-21(39-24(22)25(34)37)23-19(27(28,29)30)11-31-26(33-23)32-20-5-4-15(9-18(20)14-2-3-14)35-12-17-8-16(35)13-36-17/h4-5,9-11,14,16-17H,2-3,6-8,12-13H2,1H3,(H,31,32,33). The number of anilines is 3. The molecule has 1 aliphatic carbocycles. The van der Waals surface area contributed by atoms with E-state index in [2.05, 4.69) is 32.3 Å². The summed E-state index contributed by atoms with van der Waals surface area (Å²) in [6, 6.07) is 8.50. The second-order valence-corrected chi connectivity index (χ2v) is 13.1. The number of morpholine rings is 1. The highest BCUT2D eigenvalue weighted by molar-refractivity contribution is 7.99. The van der Waals surface area contributed by atoms with Gasteiger partial charge in [0.1, 0.15) is 10.6 Å². The fraction of sp³-hybridized carbons (Fsp3) is 0.444. The Bertz CT molecular complexity index is 1460. The molecular weight excluding hydrogens is 564 g/mol. The van der Waals surface area contributed by atoms with Crippen LogP contribution in [0.5, 0.6) is 0 Å². The summed E-state index contributed by atoms with van der Waals surface area (Å²) in [5, 5.41) is 3.25. The summed E-state index contributed by atoms with van der Waals surface area (Å²) >= 11 is 8.48. The van der Waals surface area contributed by atoms with Crippen LogP contribution in [0.25, 0.3) is 10.6 Å². The first-order chi connectivity index (χ1) is 18.7. The number of rotatable bonds is 5. The average Bonchev–Trinajstić information content (AvgIpc) is 3.36. The third-order valence-electron chi connectivity index (χ3n) is 7.78. The predicted molar refractivity (Wildman–Crippen MR) is 153 cm³/mol. The Morgan fingerprint density at radius 2 is 2.05 bits per heavy atom. The van der Waals surface area contributed by atoms with Crippen molar-refractivity contribution in [3.63, 3.8) is 0 Å². The van der Waals surface area contributed by atoms with Crippen LogP contribution in [0.3, 0.4) is 0 Å². The first-order valence-corrected chi connectivity index (χ1v) is 15.2. The van der Waals surface area contributed by atoms with Crippen molar-refractivity contribution in [1.82, 2.24) is 14.9 Å². The van der Waals surface area contributed by atoms with Crippen molar-refractivity contribution in [3.05, 3.63) is 46.5 Å². The molecule has 0 amide bonds. The average molecular weight is 590 g/mol. The van der Waals surface area contributed by atoms with Gasteiger partial charge in [0.2, 0.25) is 5.95 Å². The molecule has 2 atom stereocenters. The van der Waals surface area contributed by atoms with Gasteiger partial charge < -0.3 is 19.9 Å². The highest BCUT2D eigenvalue weighted by atomic mass is 32.2. The number of benzene rings is 1. The summed E-state index contributed by atoms with van der Waals surface area (Å²) < 4.78 is 48.0. The zero-order valence-electron chi connectivity index (χ0n) is 21.1. The zero-order valence-corrected chi connectivity index (χ0v) is 23.6. The molecule has 0 radical (unpaired) electrons. The van der Waals surface area contributed by atoms with Gasteiger partial charge in [0, 0.05) is 48.4 Å². The predicted octanol–water partition coefficient (Wildman–Crippen LogP) is 6.54. The van der Waals surface area contributed by atoms with E-state index >= 15 is 0 Å². The lowest BCUT2D eigenvalue weighted by Crippen LogP contribution is -2.36. The Morgan fingerprint density at radius 3 is 2.77 bits per heavy atom. The molecule has 2 aromatic heterocycles. The fourth-order valence-electron chi connectivity index (χ4n) is 5.56. The van der Waals surface area contributed by atoms with Crippen molar-refractivity contribution >= 4 is 57.6 Å². The number of halogens is 3. The number of nitrogens with one attached hydrogen (secondary N) is 1. The van der Waals surface area contributed by atoms with E-state index in [9.17, 15) is 13.2 Å². The Labute approximate surface area is 238 Å². The minimum absolute atomic E-state index is 0.123. The molecule has 2 bridgehead atoms. The monoisotopic (exact) mass is 589 g/mol. The SMILES string of the molecule is CN1CCSc2cc(-c3nc(Nc4ccc(N5CC6CC5CO6)cc4C4CC4)ncc3C(F)(F)F)sc2C1=S. The molecule has 204 valence electrons. The summed E-state index contributed by atoms with van der Waals surface area (Å²) in [5.41, 5.74) is 2.20. The number of thiocarbonyl (C=S) groups is 1. The minimum atomic E-state index is -4.58. The third-order valence-corrected chi connectivity index (χ3v) is 10.7. The molecule has 3 aliphatic heterocycles. The van der Waals surface area contributed by atoms with Gasteiger partial charge in [0.05, 0.1) is 34.2 Å². The van der Waals surface area contributed by atoms with E-state index in [1.807, 2.05) is 18.0 Å². The largest absolute Gasteiger partial charge is 0.420 e. The van der Waals surface area contributed by atoms with Gasteiger partial charge in [-0.05, 0) is 55.0 Å². The molecule has 3 fully saturated rings. The van der Waals surface area contributed by atoms with Crippen LogP contribution in [0.15, 0.2) is 35.4 Å². The highest BCUT2D eigenvalue weighted by Gasteiger charge is 2.40. The molecule has 5 heterocycles.